The Balaban J connectivity index is 1.79. The molecular weight excluding hydrogens is 228 g/mol. The molecule has 0 bridgehead atoms. The van der Waals surface area contributed by atoms with Crippen LogP contribution in [0.1, 0.15) is 25.3 Å². The molecule has 1 aliphatic carbocycles. The highest BCUT2D eigenvalue weighted by atomic mass is 16.5. The third kappa shape index (κ3) is 3.47. The fourth-order valence-electron chi connectivity index (χ4n) is 2.21. The predicted octanol–water partition coefficient (Wildman–Crippen LogP) is 1.69. The molecule has 0 spiro atoms. The zero-order chi connectivity index (χ0) is 13.0. The lowest BCUT2D eigenvalue weighted by molar-refractivity contribution is -0.117. The number of nitrogens with one attached hydrogen (secondary N) is 1. The van der Waals surface area contributed by atoms with Gasteiger partial charge in [0.15, 0.2) is 0 Å². The van der Waals surface area contributed by atoms with Gasteiger partial charge in [-0.05, 0) is 37.5 Å². The van der Waals surface area contributed by atoms with Crippen molar-refractivity contribution in [2.45, 2.75) is 38.3 Å². The van der Waals surface area contributed by atoms with Crippen LogP contribution < -0.4 is 11.1 Å². The van der Waals surface area contributed by atoms with Crippen molar-refractivity contribution < 1.29 is 9.53 Å². The monoisotopic (exact) mass is 248 g/mol. The Kier molecular flexibility index (Phi) is 4.20. The Hall–Kier alpha value is -1.55. The molecule has 98 valence electrons. The number of hydrogen-bond donors (Lipinski definition) is 2. The maximum atomic E-state index is 10.8. The molecule has 18 heavy (non-hydrogen) atoms. The third-order valence-corrected chi connectivity index (χ3v) is 3.20. The van der Waals surface area contributed by atoms with Crippen LogP contribution in [-0.2, 0) is 16.0 Å². The van der Waals surface area contributed by atoms with E-state index in [0.29, 0.717) is 18.6 Å². The zero-order valence-corrected chi connectivity index (χ0v) is 10.7. The van der Waals surface area contributed by atoms with Crippen LogP contribution in [-0.4, -0.2) is 24.7 Å². The van der Waals surface area contributed by atoms with E-state index in [9.17, 15) is 4.79 Å². The number of carbonyl (C=O) groups excluding carboxylic acids is 1. The van der Waals surface area contributed by atoms with Crippen LogP contribution in [0, 0.1) is 0 Å². The van der Waals surface area contributed by atoms with Crippen LogP contribution in [0.2, 0.25) is 0 Å². The maximum Gasteiger partial charge on any atom is 0.221 e. The molecule has 1 fully saturated rings. The summed E-state index contributed by atoms with van der Waals surface area (Å²) in [6.45, 7) is 2.82. The van der Waals surface area contributed by atoms with E-state index in [1.54, 1.807) is 0 Å². The van der Waals surface area contributed by atoms with Crippen LogP contribution in [0.4, 0.5) is 5.69 Å². The van der Waals surface area contributed by atoms with Gasteiger partial charge < -0.3 is 15.8 Å². The van der Waals surface area contributed by atoms with Gasteiger partial charge >= 0.3 is 0 Å². The van der Waals surface area contributed by atoms with Gasteiger partial charge in [-0.15, -0.1) is 0 Å². The molecule has 4 nitrogen and oxygen atoms in total. The Morgan fingerprint density at radius 3 is 2.61 bits per heavy atom. The molecule has 1 aromatic carbocycles. The molecule has 1 amide bonds. The molecular formula is C14H20N2O2. The number of amides is 1. The first-order valence-electron chi connectivity index (χ1n) is 6.42. The number of carbonyl (C=O) groups is 1. The fraction of sp³-hybridized carbons (Fsp3) is 0.500. The Bertz CT molecular complexity index is 397. The second-order valence-electron chi connectivity index (χ2n) is 4.73. The summed E-state index contributed by atoms with van der Waals surface area (Å²) in [5, 5.41) is 3.45. The largest absolute Gasteiger partial charge is 0.382 e. The Labute approximate surface area is 108 Å². The fourth-order valence-corrected chi connectivity index (χ4v) is 2.21. The molecule has 0 heterocycles. The second-order valence-corrected chi connectivity index (χ2v) is 4.73. The summed E-state index contributed by atoms with van der Waals surface area (Å²) in [6, 6.07) is 8.36. The lowest BCUT2D eigenvalue weighted by Crippen LogP contribution is -2.40. The first kappa shape index (κ1) is 12.9. The van der Waals surface area contributed by atoms with Crippen molar-refractivity contribution >= 4 is 11.6 Å². The number of primary amides is 1. The number of ether oxygens (including phenoxy) is 1. The molecule has 1 aromatic rings. The number of nitrogens with two attached hydrogens (primary N) is 1. The van der Waals surface area contributed by atoms with E-state index in [4.69, 9.17) is 10.5 Å². The van der Waals surface area contributed by atoms with Crippen LogP contribution in [0.5, 0.6) is 0 Å². The van der Waals surface area contributed by atoms with Crippen LogP contribution in [0.15, 0.2) is 24.3 Å². The van der Waals surface area contributed by atoms with E-state index in [-0.39, 0.29) is 5.91 Å². The topological polar surface area (TPSA) is 64.3 Å². The van der Waals surface area contributed by atoms with Crippen molar-refractivity contribution in [3.63, 3.8) is 0 Å². The van der Waals surface area contributed by atoms with Gasteiger partial charge in [0, 0.05) is 18.3 Å². The first-order valence-corrected chi connectivity index (χ1v) is 6.42. The van der Waals surface area contributed by atoms with Crippen LogP contribution in [0.3, 0.4) is 0 Å². The molecule has 0 aromatic heterocycles. The minimum Gasteiger partial charge on any atom is -0.382 e. The van der Waals surface area contributed by atoms with Crippen molar-refractivity contribution in [3.05, 3.63) is 29.8 Å². The zero-order valence-electron chi connectivity index (χ0n) is 10.7. The summed E-state index contributed by atoms with van der Waals surface area (Å²) in [5.41, 5.74) is 7.19. The van der Waals surface area contributed by atoms with Gasteiger partial charge in [0.25, 0.3) is 0 Å². The van der Waals surface area contributed by atoms with E-state index in [0.717, 1.165) is 30.7 Å². The molecule has 0 unspecified atom stereocenters. The van der Waals surface area contributed by atoms with E-state index in [1.807, 2.05) is 31.2 Å². The van der Waals surface area contributed by atoms with Crippen LogP contribution in [0.25, 0.3) is 0 Å². The van der Waals surface area contributed by atoms with Gasteiger partial charge in [-0.1, -0.05) is 12.1 Å². The molecule has 1 aliphatic rings. The van der Waals surface area contributed by atoms with E-state index >= 15 is 0 Å². The van der Waals surface area contributed by atoms with Gasteiger partial charge in [0.1, 0.15) is 0 Å². The summed E-state index contributed by atoms with van der Waals surface area (Å²) in [6.07, 6.45) is 2.85. The highest BCUT2D eigenvalue weighted by Crippen LogP contribution is 2.26. The third-order valence-electron chi connectivity index (χ3n) is 3.20. The lowest BCUT2D eigenvalue weighted by Gasteiger charge is -2.36. The SMILES string of the molecule is CCOC1CC(Nc2ccc(CC(N)=O)cc2)C1. The van der Waals surface area contributed by atoms with Crippen molar-refractivity contribution in [1.29, 1.82) is 0 Å². The Morgan fingerprint density at radius 1 is 1.39 bits per heavy atom. The highest BCUT2D eigenvalue weighted by molar-refractivity contribution is 5.76. The van der Waals surface area contributed by atoms with E-state index in [2.05, 4.69) is 5.32 Å². The average Bonchev–Trinajstić information content (AvgIpc) is 2.28. The van der Waals surface area contributed by atoms with Gasteiger partial charge in [0.2, 0.25) is 5.91 Å². The second kappa shape index (κ2) is 5.87. The molecule has 0 atom stereocenters. The average molecular weight is 248 g/mol. The number of hydrogen-bond acceptors (Lipinski definition) is 3. The number of rotatable bonds is 6. The number of benzene rings is 1. The summed E-state index contributed by atoms with van der Waals surface area (Å²) >= 11 is 0. The highest BCUT2D eigenvalue weighted by Gasteiger charge is 2.29. The number of anilines is 1. The molecule has 3 N–H and O–H groups in total. The molecule has 0 radical (unpaired) electrons. The van der Waals surface area contributed by atoms with Gasteiger partial charge in [0.05, 0.1) is 12.5 Å². The standard InChI is InChI=1S/C14H20N2O2/c1-2-18-13-8-12(9-13)16-11-5-3-10(4-6-11)7-14(15)17/h3-6,12-13,16H,2,7-9H2,1H3,(H2,15,17). The van der Waals surface area contributed by atoms with Crippen molar-refractivity contribution in [1.82, 2.24) is 0 Å². The minimum atomic E-state index is -0.297. The van der Waals surface area contributed by atoms with Gasteiger partial charge in [-0.3, -0.25) is 4.79 Å². The summed E-state index contributed by atoms with van der Waals surface area (Å²) in [7, 11) is 0. The smallest absolute Gasteiger partial charge is 0.221 e. The maximum absolute atomic E-state index is 10.8. The normalized spacial score (nSPS) is 22.3. The lowest BCUT2D eigenvalue weighted by atomic mass is 9.89. The predicted molar refractivity (Wildman–Crippen MR) is 71.4 cm³/mol. The first-order chi connectivity index (χ1) is 8.67. The van der Waals surface area contributed by atoms with Crippen molar-refractivity contribution in [2.75, 3.05) is 11.9 Å². The van der Waals surface area contributed by atoms with Gasteiger partial charge in [-0.2, -0.15) is 0 Å². The van der Waals surface area contributed by atoms with Crippen molar-refractivity contribution in [3.8, 4) is 0 Å². The summed E-state index contributed by atoms with van der Waals surface area (Å²) in [5.74, 6) is -0.297. The molecule has 2 rings (SSSR count). The van der Waals surface area contributed by atoms with Crippen molar-refractivity contribution in [2.24, 2.45) is 5.73 Å². The van der Waals surface area contributed by atoms with E-state index in [1.165, 1.54) is 0 Å². The Morgan fingerprint density at radius 2 is 2.06 bits per heavy atom. The molecule has 0 saturated heterocycles. The van der Waals surface area contributed by atoms with E-state index < -0.39 is 0 Å². The van der Waals surface area contributed by atoms with Crippen LogP contribution >= 0.6 is 0 Å². The molecule has 1 saturated carbocycles. The summed E-state index contributed by atoms with van der Waals surface area (Å²) < 4.78 is 5.52. The minimum absolute atomic E-state index is 0.297. The quantitative estimate of drug-likeness (QED) is 0.805. The van der Waals surface area contributed by atoms with Gasteiger partial charge in [-0.25, -0.2) is 0 Å². The summed E-state index contributed by atoms with van der Waals surface area (Å²) in [4.78, 5) is 10.8. The molecule has 4 heteroatoms. The molecule has 0 aliphatic heterocycles.